The van der Waals surface area contributed by atoms with Crippen LogP contribution in [0.25, 0.3) is 11.1 Å². The zero-order valence-corrected chi connectivity index (χ0v) is 10.7. The summed E-state index contributed by atoms with van der Waals surface area (Å²) in [5.41, 5.74) is 7.67. The van der Waals surface area contributed by atoms with Crippen molar-refractivity contribution in [2.45, 2.75) is 6.61 Å². The Hall–Kier alpha value is -2.20. The Morgan fingerprint density at radius 2 is 2.00 bits per heavy atom. The van der Waals surface area contributed by atoms with Gasteiger partial charge < -0.3 is 14.9 Å². The molecule has 0 unspecified atom stereocenters. The third-order valence-corrected chi connectivity index (χ3v) is 2.99. The number of anilines is 1. The van der Waals surface area contributed by atoms with Gasteiger partial charge in [0, 0.05) is 0 Å². The molecule has 0 fully saturated rings. The van der Waals surface area contributed by atoms with Crippen LogP contribution in [0.5, 0.6) is 5.75 Å². The van der Waals surface area contributed by atoms with Gasteiger partial charge in [-0.15, -0.1) is 0 Å². The van der Waals surface area contributed by atoms with Crippen LogP contribution in [0, 0.1) is 0 Å². The number of nitrogens with zero attached hydrogens (tertiary/aromatic N) is 1. The number of para-hydroxylation sites is 2. The molecular formula is C14H11ClN2O2. The van der Waals surface area contributed by atoms with E-state index < -0.39 is 0 Å². The fourth-order valence-corrected chi connectivity index (χ4v) is 1.97. The lowest BCUT2D eigenvalue weighted by atomic mass is 10.3. The second kappa shape index (κ2) is 4.82. The highest BCUT2D eigenvalue weighted by Gasteiger charge is 2.09. The Morgan fingerprint density at radius 3 is 2.79 bits per heavy atom. The largest absolute Gasteiger partial charge is 0.482 e. The molecule has 0 amide bonds. The topological polar surface area (TPSA) is 61.3 Å². The zero-order valence-electron chi connectivity index (χ0n) is 9.97. The quantitative estimate of drug-likeness (QED) is 0.741. The van der Waals surface area contributed by atoms with Gasteiger partial charge in [0.25, 0.3) is 0 Å². The van der Waals surface area contributed by atoms with Crippen molar-refractivity contribution < 1.29 is 9.15 Å². The van der Waals surface area contributed by atoms with Gasteiger partial charge in [-0.05, 0) is 24.3 Å². The Bertz CT molecular complexity index is 724. The first-order chi connectivity index (χ1) is 9.24. The van der Waals surface area contributed by atoms with E-state index in [9.17, 15) is 0 Å². The highest BCUT2D eigenvalue weighted by atomic mass is 35.5. The summed E-state index contributed by atoms with van der Waals surface area (Å²) in [6.45, 7) is 0.206. The predicted molar refractivity (Wildman–Crippen MR) is 74.2 cm³/mol. The van der Waals surface area contributed by atoms with Crippen LogP contribution in [0.1, 0.15) is 5.89 Å². The third kappa shape index (κ3) is 2.35. The van der Waals surface area contributed by atoms with Crippen LogP contribution in [-0.4, -0.2) is 4.98 Å². The normalized spacial score (nSPS) is 10.8. The molecule has 4 nitrogen and oxygen atoms in total. The molecule has 0 aliphatic heterocycles. The average Bonchev–Trinajstić information content (AvgIpc) is 2.82. The van der Waals surface area contributed by atoms with Crippen LogP contribution in [0.3, 0.4) is 0 Å². The maximum atomic E-state index is 6.00. The number of nitrogens with two attached hydrogens (primary N) is 1. The molecule has 0 bridgehead atoms. The monoisotopic (exact) mass is 274 g/mol. The van der Waals surface area contributed by atoms with Crippen molar-refractivity contribution in [3.05, 3.63) is 53.4 Å². The molecule has 2 N–H and O–H groups in total. The second-order valence-corrected chi connectivity index (χ2v) is 4.43. The average molecular weight is 275 g/mol. The predicted octanol–water partition coefficient (Wildman–Crippen LogP) is 3.64. The van der Waals surface area contributed by atoms with E-state index in [4.69, 9.17) is 26.5 Å². The molecular weight excluding hydrogens is 264 g/mol. The minimum absolute atomic E-state index is 0.206. The first-order valence-electron chi connectivity index (χ1n) is 5.75. The summed E-state index contributed by atoms with van der Waals surface area (Å²) < 4.78 is 11.1. The lowest BCUT2D eigenvalue weighted by Gasteiger charge is -2.04. The van der Waals surface area contributed by atoms with Gasteiger partial charge in [-0.1, -0.05) is 29.8 Å². The first kappa shape index (κ1) is 11.9. The molecule has 0 spiro atoms. The van der Waals surface area contributed by atoms with Crippen molar-refractivity contribution in [3.8, 4) is 5.75 Å². The van der Waals surface area contributed by atoms with Crippen LogP contribution >= 0.6 is 11.6 Å². The second-order valence-electron chi connectivity index (χ2n) is 4.02. The summed E-state index contributed by atoms with van der Waals surface area (Å²) in [5, 5.41) is 0.554. The van der Waals surface area contributed by atoms with E-state index in [1.165, 1.54) is 0 Å². The van der Waals surface area contributed by atoms with Crippen LogP contribution < -0.4 is 10.5 Å². The highest BCUT2D eigenvalue weighted by molar-refractivity contribution is 6.32. The van der Waals surface area contributed by atoms with E-state index in [1.807, 2.05) is 24.3 Å². The van der Waals surface area contributed by atoms with E-state index in [-0.39, 0.29) is 6.61 Å². The molecule has 1 aromatic heterocycles. The Labute approximate surface area is 114 Å². The molecule has 19 heavy (non-hydrogen) atoms. The Kier molecular flexibility index (Phi) is 3.01. The van der Waals surface area contributed by atoms with Crippen LogP contribution in [0.2, 0.25) is 5.02 Å². The number of halogens is 1. The van der Waals surface area contributed by atoms with Gasteiger partial charge >= 0.3 is 0 Å². The van der Waals surface area contributed by atoms with Crippen molar-refractivity contribution in [3.63, 3.8) is 0 Å². The summed E-state index contributed by atoms with van der Waals surface area (Å²) in [7, 11) is 0. The van der Waals surface area contributed by atoms with Crippen LogP contribution in [-0.2, 0) is 6.61 Å². The molecule has 0 saturated heterocycles. The summed E-state index contributed by atoms with van der Waals surface area (Å²) >= 11 is 6.00. The molecule has 5 heteroatoms. The fraction of sp³-hybridized carbons (Fsp3) is 0.0714. The Balaban J connectivity index is 1.83. The molecule has 0 aliphatic rings. The van der Waals surface area contributed by atoms with Crippen molar-refractivity contribution in [1.82, 2.24) is 4.98 Å². The third-order valence-electron chi connectivity index (χ3n) is 2.68. The summed E-state index contributed by atoms with van der Waals surface area (Å²) in [6.07, 6.45) is 0. The molecule has 3 aromatic rings. The standard InChI is InChI=1S/C14H11ClN2O2/c15-9-4-1-2-7-12(9)18-8-13-17-11-6-3-5-10(16)14(11)19-13/h1-7H,8,16H2. The van der Waals surface area contributed by atoms with E-state index in [1.54, 1.807) is 18.2 Å². The van der Waals surface area contributed by atoms with Gasteiger partial charge in [-0.3, -0.25) is 0 Å². The van der Waals surface area contributed by atoms with Crippen molar-refractivity contribution in [2.24, 2.45) is 0 Å². The SMILES string of the molecule is Nc1cccc2nc(COc3ccccc3Cl)oc12. The van der Waals surface area contributed by atoms with Gasteiger partial charge in [0.15, 0.2) is 12.2 Å². The number of aromatic nitrogens is 1. The van der Waals surface area contributed by atoms with Gasteiger partial charge in [0.1, 0.15) is 11.3 Å². The molecule has 0 saturated carbocycles. The summed E-state index contributed by atoms with van der Waals surface area (Å²) in [6, 6.07) is 12.7. The number of ether oxygens (including phenoxy) is 1. The maximum Gasteiger partial charge on any atom is 0.233 e. The summed E-state index contributed by atoms with van der Waals surface area (Å²) in [5.74, 6) is 1.06. The number of hydrogen-bond acceptors (Lipinski definition) is 4. The number of hydrogen-bond donors (Lipinski definition) is 1. The van der Waals surface area contributed by atoms with E-state index in [0.717, 1.165) is 5.52 Å². The van der Waals surface area contributed by atoms with Gasteiger partial charge in [-0.25, -0.2) is 4.98 Å². The number of benzene rings is 2. The van der Waals surface area contributed by atoms with E-state index >= 15 is 0 Å². The number of rotatable bonds is 3. The van der Waals surface area contributed by atoms with E-state index in [0.29, 0.717) is 27.9 Å². The molecule has 0 radical (unpaired) electrons. The van der Waals surface area contributed by atoms with Crippen molar-refractivity contribution >= 4 is 28.4 Å². The minimum atomic E-state index is 0.206. The Morgan fingerprint density at radius 1 is 1.16 bits per heavy atom. The van der Waals surface area contributed by atoms with Crippen LogP contribution in [0.15, 0.2) is 46.9 Å². The zero-order chi connectivity index (χ0) is 13.2. The first-order valence-corrected chi connectivity index (χ1v) is 6.13. The molecule has 96 valence electrons. The maximum absolute atomic E-state index is 6.00. The highest BCUT2D eigenvalue weighted by Crippen LogP contribution is 2.25. The van der Waals surface area contributed by atoms with Gasteiger partial charge in [-0.2, -0.15) is 0 Å². The van der Waals surface area contributed by atoms with Crippen molar-refractivity contribution in [1.29, 1.82) is 0 Å². The van der Waals surface area contributed by atoms with Crippen molar-refractivity contribution in [2.75, 3.05) is 5.73 Å². The fourth-order valence-electron chi connectivity index (χ4n) is 1.78. The smallest absolute Gasteiger partial charge is 0.233 e. The molecule has 2 aromatic carbocycles. The van der Waals surface area contributed by atoms with E-state index in [2.05, 4.69) is 4.98 Å². The molecule has 1 heterocycles. The lowest BCUT2D eigenvalue weighted by Crippen LogP contribution is -1.95. The number of nitrogen functional groups attached to an aromatic ring is 1. The van der Waals surface area contributed by atoms with Gasteiger partial charge in [0.05, 0.1) is 10.7 Å². The minimum Gasteiger partial charge on any atom is -0.482 e. The van der Waals surface area contributed by atoms with Crippen LogP contribution in [0.4, 0.5) is 5.69 Å². The molecule has 3 rings (SSSR count). The van der Waals surface area contributed by atoms with Gasteiger partial charge in [0.2, 0.25) is 5.89 Å². The number of oxazole rings is 1. The number of fused-ring (bicyclic) bond motifs is 1. The lowest BCUT2D eigenvalue weighted by molar-refractivity contribution is 0.267. The molecule has 0 aliphatic carbocycles. The molecule has 0 atom stereocenters. The summed E-state index contributed by atoms with van der Waals surface area (Å²) in [4.78, 5) is 4.30.